The molecular formula is C17H21NOS. The van der Waals surface area contributed by atoms with E-state index in [-0.39, 0.29) is 0 Å². The first kappa shape index (κ1) is 12.8. The SMILES string of the molecule is CC(NC1CCOC1C1CC1)c1cc2ccccc2s1. The zero-order valence-electron chi connectivity index (χ0n) is 11.8. The van der Waals surface area contributed by atoms with Crippen molar-refractivity contribution in [3.63, 3.8) is 0 Å². The molecule has 1 aliphatic carbocycles. The first-order valence-electron chi connectivity index (χ1n) is 7.67. The van der Waals surface area contributed by atoms with Crippen LogP contribution in [0.2, 0.25) is 0 Å². The van der Waals surface area contributed by atoms with Crippen LogP contribution in [0.3, 0.4) is 0 Å². The topological polar surface area (TPSA) is 21.3 Å². The average Bonchev–Trinajstić information content (AvgIpc) is 3.04. The smallest absolute Gasteiger partial charge is 0.0757 e. The molecule has 1 saturated carbocycles. The minimum atomic E-state index is 0.417. The third-order valence-corrected chi connectivity index (χ3v) is 5.86. The number of hydrogen-bond acceptors (Lipinski definition) is 3. The number of hydrogen-bond donors (Lipinski definition) is 1. The predicted molar refractivity (Wildman–Crippen MR) is 84.2 cm³/mol. The van der Waals surface area contributed by atoms with Crippen molar-refractivity contribution >= 4 is 21.4 Å². The predicted octanol–water partition coefficient (Wildman–Crippen LogP) is 4.12. The van der Waals surface area contributed by atoms with Gasteiger partial charge < -0.3 is 10.1 Å². The molecule has 1 aliphatic heterocycles. The van der Waals surface area contributed by atoms with Crippen LogP contribution in [-0.2, 0) is 4.74 Å². The molecule has 3 heteroatoms. The van der Waals surface area contributed by atoms with Crippen LogP contribution >= 0.6 is 11.3 Å². The fourth-order valence-corrected chi connectivity index (χ4v) is 4.37. The molecule has 20 heavy (non-hydrogen) atoms. The highest BCUT2D eigenvalue weighted by atomic mass is 32.1. The summed E-state index contributed by atoms with van der Waals surface area (Å²) in [5.74, 6) is 0.824. The maximum Gasteiger partial charge on any atom is 0.0757 e. The molecule has 0 radical (unpaired) electrons. The van der Waals surface area contributed by atoms with Gasteiger partial charge in [0.05, 0.1) is 6.10 Å². The maximum absolute atomic E-state index is 5.93. The molecular weight excluding hydrogens is 266 g/mol. The molecule has 0 spiro atoms. The molecule has 3 atom stereocenters. The van der Waals surface area contributed by atoms with E-state index in [1.54, 1.807) is 0 Å². The van der Waals surface area contributed by atoms with E-state index in [9.17, 15) is 0 Å². The highest BCUT2D eigenvalue weighted by molar-refractivity contribution is 7.19. The molecule has 2 aliphatic rings. The van der Waals surface area contributed by atoms with E-state index in [0.29, 0.717) is 18.2 Å². The van der Waals surface area contributed by atoms with Gasteiger partial charge in [0.2, 0.25) is 0 Å². The Morgan fingerprint density at radius 1 is 1.25 bits per heavy atom. The summed E-state index contributed by atoms with van der Waals surface area (Å²) in [4.78, 5) is 1.44. The molecule has 0 amide bonds. The van der Waals surface area contributed by atoms with Crippen molar-refractivity contribution in [3.8, 4) is 0 Å². The van der Waals surface area contributed by atoms with Gasteiger partial charge in [-0.15, -0.1) is 11.3 Å². The van der Waals surface area contributed by atoms with Gasteiger partial charge in [0, 0.05) is 28.3 Å². The van der Waals surface area contributed by atoms with Crippen molar-refractivity contribution in [2.24, 2.45) is 5.92 Å². The highest BCUT2D eigenvalue weighted by Gasteiger charge is 2.40. The van der Waals surface area contributed by atoms with E-state index in [1.807, 2.05) is 11.3 Å². The van der Waals surface area contributed by atoms with E-state index < -0.39 is 0 Å². The van der Waals surface area contributed by atoms with E-state index in [2.05, 4.69) is 42.6 Å². The molecule has 106 valence electrons. The van der Waals surface area contributed by atoms with Gasteiger partial charge in [-0.05, 0) is 49.6 Å². The van der Waals surface area contributed by atoms with Crippen molar-refractivity contribution < 1.29 is 4.74 Å². The molecule has 2 nitrogen and oxygen atoms in total. The second kappa shape index (κ2) is 5.14. The molecule has 1 saturated heterocycles. The van der Waals surface area contributed by atoms with Gasteiger partial charge in [0.1, 0.15) is 0 Å². The fraction of sp³-hybridized carbons (Fsp3) is 0.529. The summed E-state index contributed by atoms with van der Waals surface area (Å²) < 4.78 is 7.31. The molecule has 3 unspecified atom stereocenters. The lowest BCUT2D eigenvalue weighted by atomic mass is 10.0. The van der Waals surface area contributed by atoms with Crippen molar-refractivity contribution in [1.82, 2.24) is 5.32 Å². The van der Waals surface area contributed by atoms with Crippen LogP contribution < -0.4 is 5.32 Å². The van der Waals surface area contributed by atoms with Crippen molar-refractivity contribution in [1.29, 1.82) is 0 Å². The Labute approximate surface area is 124 Å². The number of ether oxygens (including phenoxy) is 1. The Morgan fingerprint density at radius 2 is 2.10 bits per heavy atom. The van der Waals surface area contributed by atoms with Crippen molar-refractivity contribution in [2.75, 3.05) is 6.61 Å². The lowest BCUT2D eigenvalue weighted by Crippen LogP contribution is -2.38. The van der Waals surface area contributed by atoms with Gasteiger partial charge in [-0.25, -0.2) is 0 Å². The average molecular weight is 287 g/mol. The zero-order valence-corrected chi connectivity index (χ0v) is 12.7. The van der Waals surface area contributed by atoms with Crippen LogP contribution in [0.5, 0.6) is 0 Å². The monoisotopic (exact) mass is 287 g/mol. The van der Waals surface area contributed by atoms with Gasteiger partial charge in [-0.2, -0.15) is 0 Å². The minimum Gasteiger partial charge on any atom is -0.376 e. The van der Waals surface area contributed by atoms with E-state index in [1.165, 1.54) is 27.8 Å². The minimum absolute atomic E-state index is 0.417. The largest absolute Gasteiger partial charge is 0.376 e. The maximum atomic E-state index is 5.93. The van der Waals surface area contributed by atoms with E-state index in [0.717, 1.165) is 18.9 Å². The van der Waals surface area contributed by atoms with Gasteiger partial charge in [0.15, 0.2) is 0 Å². The molecule has 0 bridgehead atoms. The lowest BCUT2D eigenvalue weighted by Gasteiger charge is -2.23. The number of thiophene rings is 1. The molecule has 1 N–H and O–H groups in total. The fourth-order valence-electron chi connectivity index (χ4n) is 3.30. The Bertz CT molecular complexity index is 571. The third-order valence-electron chi connectivity index (χ3n) is 4.56. The van der Waals surface area contributed by atoms with Gasteiger partial charge >= 0.3 is 0 Å². The highest BCUT2D eigenvalue weighted by Crippen LogP contribution is 2.39. The van der Waals surface area contributed by atoms with Crippen LogP contribution in [0.4, 0.5) is 0 Å². The van der Waals surface area contributed by atoms with Crippen LogP contribution in [0.15, 0.2) is 30.3 Å². The summed E-state index contributed by atoms with van der Waals surface area (Å²) in [5, 5.41) is 5.18. The summed E-state index contributed by atoms with van der Waals surface area (Å²) in [7, 11) is 0. The second-order valence-electron chi connectivity index (χ2n) is 6.14. The quantitative estimate of drug-likeness (QED) is 0.913. The molecule has 1 aromatic carbocycles. The Morgan fingerprint density at radius 3 is 2.90 bits per heavy atom. The van der Waals surface area contributed by atoms with Gasteiger partial charge in [0.25, 0.3) is 0 Å². The molecule has 1 aromatic heterocycles. The lowest BCUT2D eigenvalue weighted by molar-refractivity contribution is 0.0793. The molecule has 2 fully saturated rings. The van der Waals surface area contributed by atoms with Crippen molar-refractivity contribution in [3.05, 3.63) is 35.2 Å². The Balaban J connectivity index is 1.50. The van der Waals surface area contributed by atoms with Crippen LogP contribution in [-0.4, -0.2) is 18.8 Å². The summed E-state index contributed by atoms with van der Waals surface area (Å²) >= 11 is 1.91. The summed E-state index contributed by atoms with van der Waals surface area (Å²) in [6.45, 7) is 3.21. The third kappa shape index (κ3) is 2.39. The number of rotatable bonds is 4. The van der Waals surface area contributed by atoms with Crippen molar-refractivity contribution in [2.45, 2.75) is 44.4 Å². The van der Waals surface area contributed by atoms with Crippen LogP contribution in [0, 0.1) is 5.92 Å². The van der Waals surface area contributed by atoms with E-state index in [4.69, 9.17) is 4.74 Å². The normalized spacial score (nSPS) is 28.1. The number of benzene rings is 1. The summed E-state index contributed by atoms with van der Waals surface area (Å²) in [6.07, 6.45) is 4.35. The molecule has 2 heterocycles. The Hall–Kier alpha value is -0.900. The Kier molecular flexibility index (Phi) is 3.29. The van der Waals surface area contributed by atoms with Crippen LogP contribution in [0.1, 0.15) is 37.1 Å². The first-order chi connectivity index (χ1) is 9.81. The summed E-state index contributed by atoms with van der Waals surface area (Å²) in [5.41, 5.74) is 0. The standard InChI is InChI=1S/C17H21NOS/c1-11(16-10-13-4-2-3-5-15(13)20-16)18-14-8-9-19-17(14)12-6-7-12/h2-5,10-12,14,17-18H,6-9H2,1H3. The van der Waals surface area contributed by atoms with E-state index >= 15 is 0 Å². The van der Waals surface area contributed by atoms with Gasteiger partial charge in [-0.3, -0.25) is 0 Å². The molecule has 4 rings (SSSR count). The summed E-state index contributed by atoms with van der Waals surface area (Å²) in [6, 6.07) is 11.9. The zero-order chi connectivity index (χ0) is 13.5. The van der Waals surface area contributed by atoms with Crippen LogP contribution in [0.25, 0.3) is 10.1 Å². The molecule has 2 aromatic rings. The van der Waals surface area contributed by atoms with Gasteiger partial charge in [-0.1, -0.05) is 18.2 Å². The number of nitrogens with one attached hydrogen (secondary N) is 1. The first-order valence-corrected chi connectivity index (χ1v) is 8.49. The second-order valence-corrected chi connectivity index (χ2v) is 7.26. The number of fused-ring (bicyclic) bond motifs is 1.